The molecule has 192 valence electrons. The van der Waals surface area contributed by atoms with Crippen LogP contribution in [0.15, 0.2) is 36.5 Å². The first kappa shape index (κ1) is 25.5. The molecule has 3 fully saturated rings. The number of hydrogen-bond donors (Lipinski definition) is 3. The standard InChI is InChI=1S/C22H19ClF4N4O5/c23-14-3-1-12(5-15(14)24)35-8-18(33)31-21-9-20(10-21,11-21)30-17(32)7-29-19(34)16-4-2-13(6-28-16)36-22(25,26)27/h1-6H,7-11H2,(H,29,34)(H,30,32)(H,31,33). The summed E-state index contributed by atoms with van der Waals surface area (Å²) < 4.78 is 58.9. The van der Waals surface area contributed by atoms with E-state index in [1.54, 1.807) is 0 Å². The van der Waals surface area contributed by atoms with Gasteiger partial charge in [-0.3, -0.25) is 14.4 Å². The lowest BCUT2D eigenvalue weighted by atomic mass is 9.44. The molecule has 1 aromatic heterocycles. The summed E-state index contributed by atoms with van der Waals surface area (Å²) in [4.78, 5) is 40.0. The molecular formula is C22H19ClF4N4O5. The zero-order valence-electron chi connectivity index (χ0n) is 18.4. The van der Waals surface area contributed by atoms with Crippen molar-refractivity contribution in [2.45, 2.75) is 36.7 Å². The van der Waals surface area contributed by atoms with E-state index in [1.807, 2.05) is 0 Å². The monoisotopic (exact) mass is 530 g/mol. The molecule has 3 aliphatic carbocycles. The van der Waals surface area contributed by atoms with Gasteiger partial charge in [-0.2, -0.15) is 0 Å². The van der Waals surface area contributed by atoms with Crippen LogP contribution in [0, 0.1) is 5.82 Å². The Balaban J connectivity index is 1.15. The van der Waals surface area contributed by atoms with Crippen LogP contribution >= 0.6 is 11.6 Å². The smallest absolute Gasteiger partial charge is 0.484 e. The first-order chi connectivity index (χ1) is 16.9. The van der Waals surface area contributed by atoms with E-state index >= 15 is 0 Å². The van der Waals surface area contributed by atoms with Crippen molar-refractivity contribution >= 4 is 29.3 Å². The lowest BCUT2D eigenvalue weighted by molar-refractivity contribution is -0.274. The van der Waals surface area contributed by atoms with Gasteiger partial charge in [0.25, 0.3) is 11.8 Å². The van der Waals surface area contributed by atoms with Gasteiger partial charge in [0.05, 0.1) is 17.8 Å². The van der Waals surface area contributed by atoms with Gasteiger partial charge in [-0.25, -0.2) is 9.37 Å². The number of rotatable bonds is 9. The number of benzene rings is 1. The highest BCUT2D eigenvalue weighted by atomic mass is 35.5. The molecule has 14 heteroatoms. The number of carbonyl (C=O) groups excluding carboxylic acids is 3. The number of carbonyl (C=O) groups is 3. The summed E-state index contributed by atoms with van der Waals surface area (Å²) in [5.41, 5.74) is -1.12. The van der Waals surface area contributed by atoms with Crippen LogP contribution in [0.1, 0.15) is 29.8 Å². The summed E-state index contributed by atoms with van der Waals surface area (Å²) >= 11 is 5.60. The number of hydrogen-bond acceptors (Lipinski definition) is 6. The molecule has 3 N–H and O–H groups in total. The maximum Gasteiger partial charge on any atom is 0.573 e. The third-order valence-corrected chi connectivity index (χ3v) is 6.02. The van der Waals surface area contributed by atoms with Gasteiger partial charge in [-0.15, -0.1) is 13.2 Å². The summed E-state index contributed by atoms with van der Waals surface area (Å²) in [5, 5.41) is 7.94. The molecule has 0 saturated heterocycles. The Labute approximate surface area is 206 Å². The molecule has 2 bridgehead atoms. The molecule has 0 spiro atoms. The van der Waals surface area contributed by atoms with E-state index < -0.39 is 46.7 Å². The zero-order chi connectivity index (χ0) is 26.1. The van der Waals surface area contributed by atoms with Gasteiger partial charge in [-0.1, -0.05) is 11.6 Å². The number of alkyl halides is 3. The first-order valence-corrected chi connectivity index (χ1v) is 10.9. The van der Waals surface area contributed by atoms with Crippen LogP contribution in [-0.2, 0) is 9.59 Å². The van der Waals surface area contributed by atoms with Crippen molar-refractivity contribution in [2.24, 2.45) is 0 Å². The summed E-state index contributed by atoms with van der Waals surface area (Å²) in [6.07, 6.45) is -2.62. The second kappa shape index (κ2) is 9.45. The Kier molecular flexibility index (Phi) is 6.69. The fourth-order valence-electron chi connectivity index (χ4n) is 4.40. The van der Waals surface area contributed by atoms with Crippen LogP contribution in [0.4, 0.5) is 17.6 Å². The Hall–Kier alpha value is -3.61. The molecule has 36 heavy (non-hydrogen) atoms. The minimum absolute atomic E-state index is 0.0575. The molecule has 3 saturated carbocycles. The van der Waals surface area contributed by atoms with Gasteiger partial charge in [0.2, 0.25) is 5.91 Å². The molecular weight excluding hydrogens is 512 g/mol. The predicted molar refractivity (Wildman–Crippen MR) is 116 cm³/mol. The van der Waals surface area contributed by atoms with Crippen molar-refractivity contribution in [1.29, 1.82) is 0 Å². The van der Waals surface area contributed by atoms with Crippen LogP contribution in [0.5, 0.6) is 11.5 Å². The van der Waals surface area contributed by atoms with Crippen molar-refractivity contribution in [2.75, 3.05) is 13.2 Å². The van der Waals surface area contributed by atoms with E-state index in [0.29, 0.717) is 19.3 Å². The SMILES string of the molecule is O=C(CNC(=O)c1ccc(OC(F)(F)F)cn1)NC12CC(NC(=O)COc3ccc(Cl)c(F)c3)(C1)C2. The highest BCUT2D eigenvalue weighted by molar-refractivity contribution is 6.30. The van der Waals surface area contributed by atoms with Crippen molar-refractivity contribution in [3.05, 3.63) is 53.1 Å². The van der Waals surface area contributed by atoms with E-state index in [1.165, 1.54) is 12.1 Å². The molecule has 3 amide bonds. The Bertz CT molecular complexity index is 1170. The highest BCUT2D eigenvalue weighted by Crippen LogP contribution is 2.60. The van der Waals surface area contributed by atoms with Crippen molar-refractivity contribution in [1.82, 2.24) is 20.9 Å². The Morgan fingerprint density at radius 2 is 1.64 bits per heavy atom. The number of nitrogens with zero attached hydrogens (tertiary/aromatic N) is 1. The van der Waals surface area contributed by atoms with E-state index in [0.717, 1.165) is 24.4 Å². The average molecular weight is 531 g/mol. The summed E-state index contributed by atoms with van der Waals surface area (Å²) in [5.74, 6) is -2.68. The summed E-state index contributed by atoms with van der Waals surface area (Å²) in [6, 6.07) is 5.81. The van der Waals surface area contributed by atoms with Crippen molar-refractivity contribution < 1.29 is 41.4 Å². The highest BCUT2D eigenvalue weighted by Gasteiger charge is 2.69. The van der Waals surface area contributed by atoms with E-state index in [4.69, 9.17) is 16.3 Å². The minimum Gasteiger partial charge on any atom is -0.484 e. The van der Waals surface area contributed by atoms with Crippen LogP contribution in [0.25, 0.3) is 0 Å². The molecule has 0 aliphatic heterocycles. The summed E-state index contributed by atoms with van der Waals surface area (Å²) in [6.45, 7) is -0.681. The van der Waals surface area contributed by atoms with Crippen LogP contribution in [0.2, 0.25) is 5.02 Å². The van der Waals surface area contributed by atoms with Gasteiger partial charge < -0.3 is 25.4 Å². The second-order valence-electron chi connectivity index (χ2n) is 8.66. The number of ether oxygens (including phenoxy) is 2. The molecule has 1 aromatic carbocycles. The normalized spacial score (nSPS) is 21.9. The van der Waals surface area contributed by atoms with Gasteiger partial charge in [0, 0.05) is 17.1 Å². The van der Waals surface area contributed by atoms with Crippen molar-refractivity contribution in [3.8, 4) is 11.5 Å². The maximum atomic E-state index is 13.4. The van der Waals surface area contributed by atoms with Crippen LogP contribution < -0.4 is 25.4 Å². The van der Waals surface area contributed by atoms with E-state index in [9.17, 15) is 31.9 Å². The van der Waals surface area contributed by atoms with E-state index in [2.05, 4.69) is 25.7 Å². The number of aromatic nitrogens is 1. The largest absolute Gasteiger partial charge is 0.573 e. The number of nitrogens with one attached hydrogen (secondary N) is 3. The van der Waals surface area contributed by atoms with Gasteiger partial charge >= 0.3 is 6.36 Å². The molecule has 0 atom stereocenters. The third-order valence-electron chi connectivity index (χ3n) is 5.71. The molecule has 9 nitrogen and oxygen atoms in total. The number of halogens is 5. The fourth-order valence-corrected chi connectivity index (χ4v) is 4.52. The topological polar surface area (TPSA) is 119 Å². The van der Waals surface area contributed by atoms with Crippen LogP contribution in [-0.4, -0.2) is 53.3 Å². The summed E-state index contributed by atoms with van der Waals surface area (Å²) in [7, 11) is 0. The predicted octanol–water partition coefficient (Wildman–Crippen LogP) is 2.49. The van der Waals surface area contributed by atoms with Gasteiger partial charge in [-0.05, 0) is 43.5 Å². The lowest BCUT2D eigenvalue weighted by Gasteiger charge is -2.70. The second-order valence-corrected chi connectivity index (χ2v) is 9.07. The number of pyridine rings is 1. The molecule has 5 rings (SSSR count). The van der Waals surface area contributed by atoms with Crippen molar-refractivity contribution in [3.63, 3.8) is 0 Å². The quantitative estimate of drug-likeness (QED) is 0.429. The van der Waals surface area contributed by atoms with Gasteiger partial charge in [0.15, 0.2) is 6.61 Å². The van der Waals surface area contributed by atoms with Crippen LogP contribution in [0.3, 0.4) is 0 Å². The number of amides is 3. The fraction of sp³-hybridized carbons (Fsp3) is 0.364. The lowest BCUT2D eigenvalue weighted by Crippen LogP contribution is -2.84. The first-order valence-electron chi connectivity index (χ1n) is 10.6. The average Bonchev–Trinajstić information content (AvgIpc) is 2.75. The van der Waals surface area contributed by atoms with Gasteiger partial charge in [0.1, 0.15) is 23.0 Å². The molecule has 3 aliphatic rings. The minimum atomic E-state index is -4.88. The Morgan fingerprint density at radius 1 is 1.00 bits per heavy atom. The molecule has 0 radical (unpaired) electrons. The molecule has 1 heterocycles. The third kappa shape index (κ3) is 5.96. The maximum absolute atomic E-state index is 13.4. The zero-order valence-corrected chi connectivity index (χ0v) is 19.1. The molecule has 0 unspecified atom stereocenters. The van der Waals surface area contributed by atoms with E-state index in [-0.39, 0.29) is 29.6 Å². The molecule has 2 aromatic rings. The Morgan fingerprint density at radius 3 is 2.22 bits per heavy atom.